The number of carbonyl (C=O) groups excluding carboxylic acids is 2. The maximum Gasteiger partial charge on any atom is 0.303 e. The second-order valence-electron chi connectivity index (χ2n) is 6.28. The van der Waals surface area contributed by atoms with Gasteiger partial charge in [0.25, 0.3) is 10.1 Å². The van der Waals surface area contributed by atoms with Crippen LogP contribution in [-0.4, -0.2) is 69.7 Å². The third-order valence-electron chi connectivity index (χ3n) is 3.46. The monoisotopic (exact) mass is 382 g/mol. The minimum atomic E-state index is -3.78. The van der Waals surface area contributed by atoms with Gasteiger partial charge in [0, 0.05) is 13.8 Å². The Morgan fingerprint density at radius 2 is 1.80 bits per heavy atom. The summed E-state index contributed by atoms with van der Waals surface area (Å²) in [7, 11) is -3.78. The molecule has 0 aromatic carbocycles. The first-order valence-electron chi connectivity index (χ1n) is 7.58. The van der Waals surface area contributed by atoms with Crippen molar-refractivity contribution in [1.82, 2.24) is 0 Å². The molecule has 144 valence electrons. The third-order valence-corrected chi connectivity index (χ3v) is 4.02. The van der Waals surface area contributed by atoms with Gasteiger partial charge in [0.15, 0.2) is 30.4 Å². The van der Waals surface area contributed by atoms with Crippen molar-refractivity contribution in [2.75, 3.05) is 12.9 Å². The van der Waals surface area contributed by atoms with Gasteiger partial charge in [0.05, 0.1) is 6.26 Å². The molecule has 0 N–H and O–H groups in total. The van der Waals surface area contributed by atoms with Crippen LogP contribution >= 0.6 is 0 Å². The zero-order valence-electron chi connectivity index (χ0n) is 14.6. The maximum atomic E-state index is 11.4. The van der Waals surface area contributed by atoms with Crippen molar-refractivity contribution < 1.29 is 45.9 Å². The van der Waals surface area contributed by atoms with E-state index in [4.69, 9.17) is 27.9 Å². The summed E-state index contributed by atoms with van der Waals surface area (Å²) in [5.74, 6) is -2.22. The van der Waals surface area contributed by atoms with E-state index in [0.717, 1.165) is 13.2 Å². The Balaban J connectivity index is 2.22. The first-order chi connectivity index (χ1) is 11.4. The lowest BCUT2D eigenvalue weighted by Crippen LogP contribution is -2.47. The highest BCUT2D eigenvalue weighted by molar-refractivity contribution is 7.85. The number of hydrogen-bond donors (Lipinski definition) is 0. The first kappa shape index (κ1) is 20.0. The third kappa shape index (κ3) is 5.35. The first-order valence-corrected chi connectivity index (χ1v) is 9.39. The van der Waals surface area contributed by atoms with Gasteiger partial charge in [-0.3, -0.25) is 13.8 Å². The van der Waals surface area contributed by atoms with Crippen LogP contribution in [0.15, 0.2) is 0 Å². The van der Waals surface area contributed by atoms with Crippen LogP contribution in [0.3, 0.4) is 0 Å². The highest BCUT2D eigenvalue weighted by Gasteiger charge is 2.59. The zero-order chi connectivity index (χ0) is 19.0. The summed E-state index contributed by atoms with van der Waals surface area (Å²) in [5.41, 5.74) is 0. The van der Waals surface area contributed by atoms with Gasteiger partial charge < -0.3 is 23.7 Å². The molecule has 0 aromatic rings. The summed E-state index contributed by atoms with van der Waals surface area (Å²) < 4.78 is 54.5. The molecule has 10 nitrogen and oxygen atoms in total. The molecule has 5 atom stereocenters. The van der Waals surface area contributed by atoms with E-state index in [9.17, 15) is 18.0 Å². The second-order valence-corrected chi connectivity index (χ2v) is 7.92. The summed E-state index contributed by atoms with van der Waals surface area (Å²) in [6, 6.07) is 0. The Hall–Kier alpha value is -1.27. The average Bonchev–Trinajstić information content (AvgIpc) is 2.86. The Kier molecular flexibility index (Phi) is 5.74. The Labute approximate surface area is 145 Å². The summed E-state index contributed by atoms with van der Waals surface area (Å²) in [4.78, 5) is 22.8. The van der Waals surface area contributed by atoms with Crippen LogP contribution in [0.5, 0.6) is 0 Å². The van der Waals surface area contributed by atoms with Crippen LogP contribution < -0.4 is 0 Å². The van der Waals surface area contributed by atoms with E-state index in [0.29, 0.717) is 0 Å². The van der Waals surface area contributed by atoms with E-state index >= 15 is 0 Å². The highest BCUT2D eigenvalue weighted by atomic mass is 32.2. The molecular formula is C14H22O10S. The van der Waals surface area contributed by atoms with Crippen molar-refractivity contribution in [2.45, 2.75) is 64.2 Å². The fraction of sp³-hybridized carbons (Fsp3) is 0.857. The SMILES string of the molecule is CC(=O)OC(COS(C)(=O)=O)[C@H]1O[C@@H]2OC(C)(C)O[C@@H]2[C@H]1OC(C)=O. The molecule has 0 aromatic heterocycles. The smallest absolute Gasteiger partial charge is 0.303 e. The van der Waals surface area contributed by atoms with Crippen LogP contribution in [0.25, 0.3) is 0 Å². The molecule has 11 heteroatoms. The maximum absolute atomic E-state index is 11.4. The molecule has 2 aliphatic heterocycles. The average molecular weight is 382 g/mol. The second kappa shape index (κ2) is 7.16. The van der Waals surface area contributed by atoms with Gasteiger partial charge in [0.2, 0.25) is 0 Å². The van der Waals surface area contributed by atoms with E-state index in [1.807, 2.05) is 0 Å². The Bertz CT molecular complexity index is 628. The van der Waals surface area contributed by atoms with Crippen molar-refractivity contribution in [3.8, 4) is 0 Å². The minimum absolute atomic E-state index is 0.496. The number of ether oxygens (including phenoxy) is 5. The van der Waals surface area contributed by atoms with E-state index in [1.165, 1.54) is 6.92 Å². The molecule has 2 fully saturated rings. The van der Waals surface area contributed by atoms with Crippen molar-refractivity contribution in [3.05, 3.63) is 0 Å². The van der Waals surface area contributed by atoms with Crippen molar-refractivity contribution in [2.24, 2.45) is 0 Å². The molecule has 25 heavy (non-hydrogen) atoms. The number of rotatable bonds is 6. The van der Waals surface area contributed by atoms with Gasteiger partial charge in [-0.2, -0.15) is 8.42 Å². The largest absolute Gasteiger partial charge is 0.457 e. The van der Waals surface area contributed by atoms with E-state index in [2.05, 4.69) is 0 Å². The lowest BCUT2D eigenvalue weighted by Gasteiger charge is -2.29. The van der Waals surface area contributed by atoms with Crippen molar-refractivity contribution >= 4 is 22.1 Å². The molecule has 2 saturated heterocycles. The Morgan fingerprint density at radius 3 is 2.32 bits per heavy atom. The molecule has 0 saturated carbocycles. The van der Waals surface area contributed by atoms with Crippen molar-refractivity contribution in [3.63, 3.8) is 0 Å². The molecule has 2 heterocycles. The molecule has 0 amide bonds. The molecule has 0 spiro atoms. The molecule has 1 unspecified atom stereocenters. The van der Waals surface area contributed by atoms with Gasteiger partial charge in [-0.1, -0.05) is 0 Å². The topological polar surface area (TPSA) is 124 Å². The van der Waals surface area contributed by atoms with Gasteiger partial charge in [-0.05, 0) is 13.8 Å². The number of carbonyl (C=O) groups is 2. The lowest BCUT2D eigenvalue weighted by molar-refractivity contribution is -0.233. The van der Waals surface area contributed by atoms with Crippen LogP contribution in [0.1, 0.15) is 27.7 Å². The van der Waals surface area contributed by atoms with Gasteiger partial charge >= 0.3 is 11.9 Å². The molecule has 0 radical (unpaired) electrons. The highest BCUT2D eigenvalue weighted by Crippen LogP contribution is 2.40. The molecule has 2 rings (SSSR count). The fourth-order valence-corrected chi connectivity index (χ4v) is 3.11. The van der Waals surface area contributed by atoms with Gasteiger partial charge in [0.1, 0.15) is 12.7 Å². The van der Waals surface area contributed by atoms with E-state index in [-0.39, 0.29) is 0 Å². The summed E-state index contributed by atoms with van der Waals surface area (Å²) in [5, 5.41) is 0. The van der Waals surface area contributed by atoms with Gasteiger partial charge in [-0.15, -0.1) is 0 Å². The van der Waals surface area contributed by atoms with Crippen LogP contribution in [0, 0.1) is 0 Å². The zero-order valence-corrected chi connectivity index (χ0v) is 15.4. The van der Waals surface area contributed by atoms with Crippen LogP contribution in [-0.2, 0) is 47.6 Å². The molecule has 2 aliphatic rings. The quantitative estimate of drug-likeness (QED) is 0.447. The van der Waals surface area contributed by atoms with Gasteiger partial charge in [-0.25, -0.2) is 0 Å². The molecule has 0 bridgehead atoms. The predicted molar refractivity (Wildman–Crippen MR) is 80.6 cm³/mol. The normalized spacial score (nSPS) is 32.0. The van der Waals surface area contributed by atoms with Crippen LogP contribution in [0.2, 0.25) is 0 Å². The minimum Gasteiger partial charge on any atom is -0.457 e. The summed E-state index contributed by atoms with van der Waals surface area (Å²) in [6.07, 6.45) is -3.86. The standard InChI is InChI=1S/C14H22O10S/c1-7(15)20-9(6-19-25(5,17)18)10-11(21-8(2)16)12-13(22-10)24-14(3,4)23-12/h9-13H,6H2,1-5H3/t9?,10-,11+,12-,13-/m1/s1. The number of hydrogen-bond acceptors (Lipinski definition) is 10. The number of esters is 2. The molecular weight excluding hydrogens is 360 g/mol. The Morgan fingerprint density at radius 1 is 1.16 bits per heavy atom. The summed E-state index contributed by atoms with van der Waals surface area (Å²) >= 11 is 0. The fourth-order valence-electron chi connectivity index (χ4n) is 2.73. The van der Waals surface area contributed by atoms with E-state index in [1.54, 1.807) is 13.8 Å². The molecule has 0 aliphatic carbocycles. The van der Waals surface area contributed by atoms with Crippen molar-refractivity contribution in [1.29, 1.82) is 0 Å². The number of fused-ring (bicyclic) bond motifs is 1. The van der Waals surface area contributed by atoms with E-state index < -0.39 is 65.2 Å². The van der Waals surface area contributed by atoms with Crippen LogP contribution in [0.4, 0.5) is 0 Å². The predicted octanol–water partition coefficient (Wildman–Crippen LogP) is -0.298. The summed E-state index contributed by atoms with van der Waals surface area (Å²) in [6.45, 7) is 5.21. The lowest BCUT2D eigenvalue weighted by atomic mass is 10.1.